The standard InChI is InChI=1S/C24H27ClN6O2/c1-16-5-8-20(9-6-16)31-22(12-17(2)29-31)28-23(32)15-30-11-3-4-18(14-30)24(33)27-21-10-7-19(25)13-26-21/h5-10,12-13,18H,3-4,11,14-15H2,1-2H3,(H,28,32)(H,26,27,33). The maximum absolute atomic E-state index is 12.8. The Morgan fingerprint density at radius 3 is 2.64 bits per heavy atom. The molecule has 0 radical (unpaired) electrons. The largest absolute Gasteiger partial charge is 0.310 e. The molecule has 1 saturated heterocycles. The number of aryl methyl sites for hydroxylation is 2. The zero-order valence-corrected chi connectivity index (χ0v) is 19.5. The van der Waals surface area contributed by atoms with Crippen LogP contribution in [0.1, 0.15) is 24.1 Å². The van der Waals surface area contributed by atoms with Crippen molar-refractivity contribution in [1.29, 1.82) is 0 Å². The molecular formula is C24H27ClN6O2. The number of likely N-dealkylation sites (tertiary alicyclic amines) is 1. The lowest BCUT2D eigenvalue weighted by Crippen LogP contribution is -2.44. The van der Waals surface area contributed by atoms with E-state index in [4.69, 9.17) is 11.6 Å². The highest BCUT2D eigenvalue weighted by atomic mass is 35.5. The van der Waals surface area contributed by atoms with Gasteiger partial charge in [0.2, 0.25) is 11.8 Å². The molecule has 1 aliphatic heterocycles. The molecule has 0 saturated carbocycles. The molecule has 4 rings (SSSR count). The van der Waals surface area contributed by atoms with E-state index in [2.05, 4.69) is 20.7 Å². The zero-order valence-electron chi connectivity index (χ0n) is 18.7. The number of pyridine rings is 1. The van der Waals surface area contributed by atoms with Crippen molar-refractivity contribution >= 4 is 35.1 Å². The summed E-state index contributed by atoms with van der Waals surface area (Å²) >= 11 is 5.85. The molecule has 2 N–H and O–H groups in total. The third-order valence-electron chi connectivity index (χ3n) is 5.60. The minimum Gasteiger partial charge on any atom is -0.310 e. The average Bonchev–Trinajstić information content (AvgIpc) is 3.15. The molecule has 33 heavy (non-hydrogen) atoms. The lowest BCUT2D eigenvalue weighted by atomic mass is 9.97. The Bertz CT molecular complexity index is 1130. The minimum absolute atomic E-state index is 0.0944. The fraction of sp³-hybridized carbons (Fsp3) is 0.333. The molecule has 1 atom stereocenters. The fourth-order valence-electron chi connectivity index (χ4n) is 3.95. The van der Waals surface area contributed by atoms with Crippen molar-refractivity contribution in [3.63, 3.8) is 0 Å². The van der Waals surface area contributed by atoms with Crippen LogP contribution in [0, 0.1) is 19.8 Å². The minimum atomic E-state index is -0.204. The number of piperidine rings is 1. The third kappa shape index (κ3) is 5.97. The van der Waals surface area contributed by atoms with Crippen molar-refractivity contribution in [1.82, 2.24) is 19.7 Å². The van der Waals surface area contributed by atoms with Gasteiger partial charge in [-0.05, 0) is 57.5 Å². The Kier molecular flexibility index (Phi) is 7.05. The highest BCUT2D eigenvalue weighted by Crippen LogP contribution is 2.20. The summed E-state index contributed by atoms with van der Waals surface area (Å²) in [4.78, 5) is 31.6. The average molecular weight is 467 g/mol. The monoisotopic (exact) mass is 466 g/mol. The van der Waals surface area contributed by atoms with Crippen molar-refractivity contribution in [3.05, 3.63) is 64.9 Å². The molecule has 172 valence electrons. The molecule has 0 spiro atoms. The van der Waals surface area contributed by atoms with Crippen LogP contribution in [0.25, 0.3) is 5.69 Å². The highest BCUT2D eigenvalue weighted by molar-refractivity contribution is 6.30. The first-order valence-electron chi connectivity index (χ1n) is 11.0. The Morgan fingerprint density at radius 2 is 1.91 bits per heavy atom. The van der Waals surface area contributed by atoms with E-state index < -0.39 is 0 Å². The Balaban J connectivity index is 1.35. The summed E-state index contributed by atoms with van der Waals surface area (Å²) in [5.74, 6) is 0.663. The van der Waals surface area contributed by atoms with Crippen LogP contribution in [-0.4, -0.2) is 51.1 Å². The van der Waals surface area contributed by atoms with E-state index in [0.29, 0.717) is 23.2 Å². The van der Waals surface area contributed by atoms with Crippen LogP contribution in [0.15, 0.2) is 48.7 Å². The normalized spacial score (nSPS) is 16.4. The van der Waals surface area contributed by atoms with Gasteiger partial charge < -0.3 is 10.6 Å². The molecule has 3 heterocycles. The molecule has 1 aliphatic rings. The second-order valence-corrected chi connectivity index (χ2v) is 8.83. The summed E-state index contributed by atoms with van der Waals surface area (Å²) < 4.78 is 1.73. The summed E-state index contributed by atoms with van der Waals surface area (Å²) in [7, 11) is 0. The van der Waals surface area contributed by atoms with Gasteiger partial charge >= 0.3 is 0 Å². The molecule has 0 bridgehead atoms. The molecule has 3 aromatic rings. The number of halogens is 1. The van der Waals surface area contributed by atoms with Crippen molar-refractivity contribution in [2.24, 2.45) is 5.92 Å². The van der Waals surface area contributed by atoms with Gasteiger partial charge in [-0.3, -0.25) is 14.5 Å². The first kappa shape index (κ1) is 22.9. The van der Waals surface area contributed by atoms with Gasteiger partial charge in [0.1, 0.15) is 11.6 Å². The Hall–Kier alpha value is -3.23. The predicted molar refractivity (Wildman–Crippen MR) is 129 cm³/mol. The van der Waals surface area contributed by atoms with E-state index in [-0.39, 0.29) is 24.3 Å². The summed E-state index contributed by atoms with van der Waals surface area (Å²) in [6.45, 7) is 5.42. The van der Waals surface area contributed by atoms with Gasteiger partial charge in [0.15, 0.2) is 0 Å². The summed E-state index contributed by atoms with van der Waals surface area (Å²) in [5.41, 5.74) is 2.86. The molecule has 9 heteroatoms. The van der Waals surface area contributed by atoms with E-state index in [1.807, 2.05) is 49.1 Å². The van der Waals surface area contributed by atoms with Crippen LogP contribution < -0.4 is 10.6 Å². The number of aromatic nitrogens is 3. The number of nitrogens with zero attached hydrogens (tertiary/aromatic N) is 4. The number of benzene rings is 1. The lowest BCUT2D eigenvalue weighted by Gasteiger charge is -2.31. The number of anilines is 2. The number of rotatable bonds is 6. The van der Waals surface area contributed by atoms with Gasteiger partial charge in [-0.15, -0.1) is 0 Å². The second-order valence-electron chi connectivity index (χ2n) is 8.39. The number of hydrogen-bond donors (Lipinski definition) is 2. The molecule has 0 aliphatic carbocycles. The highest BCUT2D eigenvalue weighted by Gasteiger charge is 2.27. The number of hydrogen-bond acceptors (Lipinski definition) is 5. The van der Waals surface area contributed by atoms with Crippen molar-refractivity contribution < 1.29 is 9.59 Å². The molecule has 2 aromatic heterocycles. The number of carbonyl (C=O) groups excluding carboxylic acids is 2. The Labute approximate surface area is 198 Å². The van der Waals surface area contributed by atoms with Crippen LogP contribution >= 0.6 is 11.6 Å². The second kappa shape index (κ2) is 10.1. The van der Waals surface area contributed by atoms with Gasteiger partial charge in [0.05, 0.1) is 28.9 Å². The van der Waals surface area contributed by atoms with Gasteiger partial charge in [-0.2, -0.15) is 5.10 Å². The van der Waals surface area contributed by atoms with Crippen molar-refractivity contribution in [2.75, 3.05) is 30.3 Å². The molecule has 1 unspecified atom stereocenters. The van der Waals surface area contributed by atoms with Crippen LogP contribution in [0.3, 0.4) is 0 Å². The van der Waals surface area contributed by atoms with Crippen LogP contribution in [0.4, 0.5) is 11.6 Å². The number of carbonyl (C=O) groups is 2. The topological polar surface area (TPSA) is 92.2 Å². The number of amides is 2. The summed E-state index contributed by atoms with van der Waals surface area (Å²) in [6, 6.07) is 13.2. The van der Waals surface area contributed by atoms with Crippen LogP contribution in [0.5, 0.6) is 0 Å². The van der Waals surface area contributed by atoms with Crippen LogP contribution in [0.2, 0.25) is 5.02 Å². The molecule has 1 fully saturated rings. The maximum Gasteiger partial charge on any atom is 0.239 e. The van der Waals surface area contributed by atoms with E-state index in [1.165, 1.54) is 6.20 Å². The van der Waals surface area contributed by atoms with E-state index in [9.17, 15) is 9.59 Å². The third-order valence-corrected chi connectivity index (χ3v) is 5.82. The van der Waals surface area contributed by atoms with Gasteiger partial charge in [0.25, 0.3) is 0 Å². The first-order valence-corrected chi connectivity index (χ1v) is 11.3. The number of nitrogens with one attached hydrogen (secondary N) is 2. The predicted octanol–water partition coefficient (Wildman–Crippen LogP) is 3.83. The van der Waals surface area contributed by atoms with Crippen molar-refractivity contribution in [3.8, 4) is 5.69 Å². The van der Waals surface area contributed by atoms with E-state index in [0.717, 1.165) is 36.3 Å². The summed E-state index contributed by atoms with van der Waals surface area (Å²) in [6.07, 6.45) is 3.12. The maximum atomic E-state index is 12.8. The Morgan fingerprint density at radius 1 is 1.12 bits per heavy atom. The SMILES string of the molecule is Cc1ccc(-n2nc(C)cc2NC(=O)CN2CCCC(C(=O)Nc3ccc(Cl)cn3)C2)cc1. The molecule has 1 aromatic carbocycles. The van der Waals surface area contributed by atoms with Crippen molar-refractivity contribution in [2.45, 2.75) is 26.7 Å². The van der Waals surface area contributed by atoms with Gasteiger partial charge in [-0.1, -0.05) is 29.3 Å². The summed E-state index contributed by atoms with van der Waals surface area (Å²) in [5, 5.41) is 10.8. The van der Waals surface area contributed by atoms with E-state index in [1.54, 1.807) is 16.8 Å². The van der Waals surface area contributed by atoms with Gasteiger partial charge in [-0.25, -0.2) is 9.67 Å². The van der Waals surface area contributed by atoms with Gasteiger partial charge in [0, 0.05) is 18.8 Å². The quantitative estimate of drug-likeness (QED) is 0.576. The first-order chi connectivity index (χ1) is 15.9. The van der Waals surface area contributed by atoms with Crippen LogP contribution in [-0.2, 0) is 9.59 Å². The smallest absolute Gasteiger partial charge is 0.239 e. The molecule has 8 nitrogen and oxygen atoms in total. The zero-order chi connectivity index (χ0) is 23.4. The van der Waals surface area contributed by atoms with E-state index >= 15 is 0 Å². The molecule has 2 amide bonds. The fourth-order valence-corrected chi connectivity index (χ4v) is 4.06. The lowest BCUT2D eigenvalue weighted by molar-refractivity contribution is -0.123. The molecular weight excluding hydrogens is 440 g/mol.